The predicted octanol–water partition coefficient (Wildman–Crippen LogP) is 3.70. The highest BCUT2D eigenvalue weighted by atomic mass is 35.5. The topological polar surface area (TPSA) is 95.7 Å². The molecule has 3 amide bonds. The molecule has 32 heavy (non-hydrogen) atoms. The molecule has 1 aliphatic rings. The van der Waals surface area contributed by atoms with Crippen molar-refractivity contribution in [3.05, 3.63) is 63.0 Å². The van der Waals surface area contributed by atoms with Crippen LogP contribution >= 0.6 is 34.5 Å². The number of piperazine rings is 1. The summed E-state index contributed by atoms with van der Waals surface area (Å²) in [6, 6.07) is 12.0. The quantitative estimate of drug-likeness (QED) is 0.569. The van der Waals surface area contributed by atoms with Crippen molar-refractivity contribution in [2.24, 2.45) is 5.73 Å². The summed E-state index contributed by atoms with van der Waals surface area (Å²) in [4.78, 5) is 41.2. The van der Waals surface area contributed by atoms with Gasteiger partial charge in [-0.25, -0.2) is 0 Å². The number of hydrogen-bond donors (Lipinski definition) is 2. The maximum absolute atomic E-state index is 13.0. The van der Waals surface area contributed by atoms with E-state index in [-0.39, 0.29) is 23.9 Å². The van der Waals surface area contributed by atoms with Crippen molar-refractivity contribution in [1.29, 1.82) is 0 Å². The Bertz CT molecular complexity index is 1210. The minimum atomic E-state index is -0.602. The molecule has 7 nitrogen and oxygen atoms in total. The second kappa shape index (κ2) is 9.46. The summed E-state index contributed by atoms with van der Waals surface area (Å²) in [5.74, 6) is -0.968. The highest BCUT2D eigenvalue weighted by Crippen LogP contribution is 2.37. The van der Waals surface area contributed by atoms with Crippen LogP contribution in [0.15, 0.2) is 42.5 Å². The predicted molar refractivity (Wildman–Crippen MR) is 128 cm³/mol. The van der Waals surface area contributed by atoms with E-state index in [2.05, 4.69) is 5.32 Å². The van der Waals surface area contributed by atoms with Gasteiger partial charge in [0.05, 0.1) is 22.8 Å². The third kappa shape index (κ3) is 4.73. The molecule has 4 rings (SSSR count). The van der Waals surface area contributed by atoms with Crippen molar-refractivity contribution in [3.8, 4) is 0 Å². The van der Waals surface area contributed by atoms with E-state index in [1.165, 1.54) is 11.3 Å². The van der Waals surface area contributed by atoms with E-state index >= 15 is 0 Å². The zero-order chi connectivity index (χ0) is 22.8. The Labute approximate surface area is 198 Å². The highest BCUT2D eigenvalue weighted by Gasteiger charge is 2.27. The lowest BCUT2D eigenvalue weighted by atomic mass is 10.1. The molecule has 1 aliphatic heterocycles. The number of carbonyl (C=O) groups is 3. The van der Waals surface area contributed by atoms with Gasteiger partial charge in [-0.15, -0.1) is 11.3 Å². The van der Waals surface area contributed by atoms with Gasteiger partial charge >= 0.3 is 0 Å². The molecule has 0 saturated carbocycles. The van der Waals surface area contributed by atoms with Crippen molar-refractivity contribution in [2.75, 3.05) is 38.0 Å². The molecule has 1 aromatic heterocycles. The van der Waals surface area contributed by atoms with E-state index in [1.54, 1.807) is 41.3 Å². The second-order valence-electron chi connectivity index (χ2n) is 7.41. The molecule has 2 heterocycles. The summed E-state index contributed by atoms with van der Waals surface area (Å²) >= 11 is 13.8. The zero-order valence-corrected chi connectivity index (χ0v) is 19.3. The van der Waals surface area contributed by atoms with Crippen LogP contribution in [0.4, 0.5) is 5.69 Å². The van der Waals surface area contributed by atoms with E-state index in [9.17, 15) is 14.4 Å². The van der Waals surface area contributed by atoms with Gasteiger partial charge in [-0.3, -0.25) is 19.3 Å². The minimum absolute atomic E-state index is 0.119. The van der Waals surface area contributed by atoms with Gasteiger partial charge in [0.15, 0.2) is 0 Å². The molecule has 1 saturated heterocycles. The number of hydrogen-bond acceptors (Lipinski definition) is 5. The average molecular weight is 491 g/mol. The third-order valence-corrected chi connectivity index (χ3v) is 7.16. The number of para-hydroxylation sites is 1. The third-order valence-electron chi connectivity index (χ3n) is 5.28. The maximum atomic E-state index is 13.0. The van der Waals surface area contributed by atoms with Crippen LogP contribution in [0.2, 0.25) is 10.0 Å². The SMILES string of the molecule is NC(=O)c1ccccc1NC(=O)CN1CCN(C(=O)c2sc3cc(Cl)ccc3c2Cl)CC1. The van der Waals surface area contributed by atoms with Gasteiger partial charge in [-0.05, 0) is 24.3 Å². The van der Waals surface area contributed by atoms with E-state index in [4.69, 9.17) is 28.9 Å². The van der Waals surface area contributed by atoms with Gasteiger partial charge in [0.2, 0.25) is 5.91 Å². The number of carbonyl (C=O) groups excluding carboxylic acids is 3. The molecule has 3 N–H and O–H groups in total. The second-order valence-corrected chi connectivity index (χ2v) is 9.28. The molecule has 3 aromatic rings. The van der Waals surface area contributed by atoms with Gasteiger partial charge in [0.25, 0.3) is 11.8 Å². The number of primary amides is 1. The monoisotopic (exact) mass is 490 g/mol. The van der Waals surface area contributed by atoms with E-state index in [1.807, 2.05) is 11.0 Å². The normalized spacial score (nSPS) is 14.5. The highest BCUT2D eigenvalue weighted by molar-refractivity contribution is 7.21. The van der Waals surface area contributed by atoms with E-state index < -0.39 is 5.91 Å². The Hall–Kier alpha value is -2.65. The molecule has 2 aromatic carbocycles. The van der Waals surface area contributed by atoms with Crippen LogP contribution in [-0.4, -0.2) is 60.2 Å². The number of amides is 3. The van der Waals surface area contributed by atoms with Gasteiger partial charge in [-0.1, -0.05) is 41.4 Å². The van der Waals surface area contributed by atoms with Crippen LogP contribution in [0.1, 0.15) is 20.0 Å². The van der Waals surface area contributed by atoms with E-state index in [0.717, 1.165) is 10.1 Å². The number of rotatable bonds is 5. The van der Waals surface area contributed by atoms with Crippen molar-refractivity contribution in [2.45, 2.75) is 0 Å². The Balaban J connectivity index is 1.35. The standard InChI is InChI=1S/C22H20Cl2N4O3S/c23-13-5-6-15-17(11-13)32-20(19(15)24)22(31)28-9-7-27(8-10-28)12-18(29)26-16-4-2-1-3-14(16)21(25)30/h1-6,11H,7-10,12H2,(H2,25,30)(H,26,29). The first kappa shape index (κ1) is 22.5. The van der Waals surface area contributed by atoms with Crippen LogP contribution in [-0.2, 0) is 4.79 Å². The van der Waals surface area contributed by atoms with E-state index in [0.29, 0.717) is 46.8 Å². The first-order valence-electron chi connectivity index (χ1n) is 9.91. The van der Waals surface area contributed by atoms with Gasteiger partial charge in [0, 0.05) is 41.3 Å². The van der Waals surface area contributed by atoms with Gasteiger partial charge < -0.3 is 16.0 Å². The zero-order valence-electron chi connectivity index (χ0n) is 16.9. The molecule has 0 bridgehead atoms. The van der Waals surface area contributed by atoms with Gasteiger partial charge in [-0.2, -0.15) is 0 Å². The van der Waals surface area contributed by atoms with Gasteiger partial charge in [0.1, 0.15) is 4.88 Å². The lowest BCUT2D eigenvalue weighted by molar-refractivity contribution is -0.117. The summed E-state index contributed by atoms with van der Waals surface area (Å²) in [5.41, 5.74) is 6.00. The average Bonchev–Trinajstić information content (AvgIpc) is 3.09. The summed E-state index contributed by atoms with van der Waals surface area (Å²) in [6.45, 7) is 2.21. The largest absolute Gasteiger partial charge is 0.366 e. The van der Waals surface area contributed by atoms with Crippen LogP contribution < -0.4 is 11.1 Å². The summed E-state index contributed by atoms with van der Waals surface area (Å²) in [6.07, 6.45) is 0. The first-order chi connectivity index (χ1) is 15.3. The molecule has 0 atom stereocenters. The molecule has 0 aliphatic carbocycles. The Kier molecular flexibility index (Phi) is 6.66. The number of benzene rings is 2. The molecular formula is C22H20Cl2N4O3S. The smallest absolute Gasteiger partial charge is 0.265 e. The van der Waals surface area contributed by atoms with Crippen molar-refractivity contribution >= 4 is 68.0 Å². The Morgan fingerprint density at radius 1 is 1.03 bits per heavy atom. The Morgan fingerprint density at radius 2 is 1.75 bits per heavy atom. The maximum Gasteiger partial charge on any atom is 0.265 e. The number of nitrogens with two attached hydrogens (primary N) is 1. The van der Waals surface area contributed by atoms with Crippen LogP contribution in [0.5, 0.6) is 0 Å². The van der Waals surface area contributed by atoms with Crippen LogP contribution in [0.25, 0.3) is 10.1 Å². The van der Waals surface area contributed by atoms with Crippen LogP contribution in [0, 0.1) is 0 Å². The number of nitrogens with one attached hydrogen (secondary N) is 1. The number of fused-ring (bicyclic) bond motifs is 1. The number of halogens is 2. The molecule has 0 radical (unpaired) electrons. The molecule has 1 fully saturated rings. The van der Waals surface area contributed by atoms with Crippen molar-refractivity contribution in [3.63, 3.8) is 0 Å². The summed E-state index contributed by atoms with van der Waals surface area (Å²) < 4.78 is 0.873. The Morgan fingerprint density at radius 3 is 2.47 bits per heavy atom. The first-order valence-corrected chi connectivity index (χ1v) is 11.5. The fourth-order valence-electron chi connectivity index (χ4n) is 3.63. The molecule has 166 valence electrons. The number of nitrogens with zero attached hydrogens (tertiary/aromatic N) is 2. The lowest BCUT2D eigenvalue weighted by Gasteiger charge is -2.34. The number of thiophene rings is 1. The van der Waals surface area contributed by atoms with Crippen molar-refractivity contribution in [1.82, 2.24) is 9.80 Å². The van der Waals surface area contributed by atoms with Crippen LogP contribution in [0.3, 0.4) is 0 Å². The van der Waals surface area contributed by atoms with Crippen molar-refractivity contribution < 1.29 is 14.4 Å². The fraction of sp³-hybridized carbons (Fsp3) is 0.227. The molecular weight excluding hydrogens is 471 g/mol. The minimum Gasteiger partial charge on any atom is -0.366 e. The molecule has 0 spiro atoms. The molecule has 0 unspecified atom stereocenters. The molecule has 10 heteroatoms. The number of anilines is 1. The fourth-order valence-corrected chi connectivity index (χ4v) is 5.39. The lowest BCUT2D eigenvalue weighted by Crippen LogP contribution is -2.50. The summed E-state index contributed by atoms with van der Waals surface area (Å²) in [5, 5.41) is 4.60. The summed E-state index contributed by atoms with van der Waals surface area (Å²) in [7, 11) is 0.